The van der Waals surface area contributed by atoms with Crippen molar-refractivity contribution in [1.82, 2.24) is 19.9 Å². The number of rotatable bonds is 2. The second-order valence-corrected chi connectivity index (χ2v) is 12.8. The largest absolute Gasteiger partial charge is 0.227 e. The lowest BCUT2D eigenvalue weighted by Crippen LogP contribution is -1.98. The van der Waals surface area contributed by atoms with Gasteiger partial charge in [0.05, 0.1) is 16.8 Å². The minimum absolute atomic E-state index is 0.680. The molecule has 0 bridgehead atoms. The van der Waals surface area contributed by atoms with Crippen LogP contribution in [-0.4, -0.2) is 19.9 Å². The Hall–Kier alpha value is -5.04. The first-order chi connectivity index (χ1) is 20.8. The van der Waals surface area contributed by atoms with Crippen LogP contribution in [0.5, 0.6) is 0 Å². The van der Waals surface area contributed by atoms with Crippen LogP contribution in [0.3, 0.4) is 0 Å². The van der Waals surface area contributed by atoms with Crippen molar-refractivity contribution in [2.24, 2.45) is 0 Å². The Bertz CT molecular complexity index is 2420. The first-order valence-electron chi connectivity index (χ1n) is 13.8. The summed E-state index contributed by atoms with van der Waals surface area (Å²) < 4.78 is 4.99. The Kier molecular flexibility index (Phi) is 4.45. The number of hydrogen-bond acceptors (Lipinski definition) is 6. The van der Waals surface area contributed by atoms with Crippen molar-refractivity contribution < 1.29 is 0 Å². The number of fused-ring (bicyclic) bond motifs is 9. The fraction of sp³-hybridized carbons (Fsp3) is 0. The lowest BCUT2D eigenvalue weighted by atomic mass is 10.0. The summed E-state index contributed by atoms with van der Waals surface area (Å²) in [5, 5.41) is 5.77. The molecule has 10 rings (SSSR count). The summed E-state index contributed by atoms with van der Waals surface area (Å²) >= 11 is 3.61. The predicted octanol–water partition coefficient (Wildman–Crippen LogP) is 10.1. The van der Waals surface area contributed by atoms with Gasteiger partial charge in [0.1, 0.15) is 0 Å². The maximum absolute atomic E-state index is 5.22. The van der Waals surface area contributed by atoms with Crippen LogP contribution < -0.4 is 0 Å². The second-order valence-electron chi connectivity index (χ2n) is 10.6. The molecule has 4 aromatic heterocycles. The van der Waals surface area contributed by atoms with Gasteiger partial charge in [-0.15, -0.1) is 22.7 Å². The molecule has 6 heteroatoms. The van der Waals surface area contributed by atoms with E-state index in [0.29, 0.717) is 17.3 Å². The third kappa shape index (κ3) is 3.00. The quantitative estimate of drug-likeness (QED) is 0.207. The lowest BCUT2D eigenvalue weighted by molar-refractivity contribution is 1.17. The molecule has 194 valence electrons. The van der Waals surface area contributed by atoms with E-state index >= 15 is 0 Å². The van der Waals surface area contributed by atoms with Crippen molar-refractivity contribution in [1.29, 1.82) is 0 Å². The van der Waals surface area contributed by atoms with Gasteiger partial charge in [0.25, 0.3) is 0 Å². The lowest BCUT2D eigenvalue weighted by Gasteiger charge is -2.09. The van der Waals surface area contributed by atoms with E-state index in [-0.39, 0.29) is 0 Å². The highest BCUT2D eigenvalue weighted by Crippen LogP contribution is 2.47. The summed E-state index contributed by atoms with van der Waals surface area (Å²) in [6, 6.07) is 38.4. The molecule has 1 aliphatic carbocycles. The zero-order chi connectivity index (χ0) is 27.4. The van der Waals surface area contributed by atoms with Gasteiger partial charge in [-0.2, -0.15) is 0 Å². The van der Waals surface area contributed by atoms with E-state index in [4.69, 9.17) is 19.9 Å². The maximum atomic E-state index is 5.22. The van der Waals surface area contributed by atoms with Crippen molar-refractivity contribution in [3.05, 3.63) is 109 Å². The van der Waals surface area contributed by atoms with Gasteiger partial charge >= 0.3 is 0 Å². The molecule has 0 saturated heterocycles. The molecule has 1 aliphatic rings. The van der Waals surface area contributed by atoms with E-state index in [1.54, 1.807) is 22.7 Å². The average Bonchev–Trinajstić information content (AvgIpc) is 3.71. The van der Waals surface area contributed by atoms with Crippen molar-refractivity contribution in [2.45, 2.75) is 0 Å². The van der Waals surface area contributed by atoms with E-state index < -0.39 is 0 Å². The number of hydrogen-bond donors (Lipinski definition) is 0. The molecule has 5 aromatic carbocycles. The molecule has 4 nitrogen and oxygen atoms in total. The molecule has 0 amide bonds. The summed E-state index contributed by atoms with van der Waals surface area (Å²) in [4.78, 5) is 20.8. The summed E-state index contributed by atoms with van der Waals surface area (Å²) in [6.45, 7) is 0. The first-order valence-corrected chi connectivity index (χ1v) is 15.5. The standard InChI is InChI=1S/C36H18N4S2/c1-2-10-20-19(9-1)32-31-33(20)38-35(24-14-8-18-28-30(24)22-12-4-6-16-26(22)42-28)40-36(31)39-34(37-32)23-13-7-17-27-29(23)21-11-3-5-15-25(21)41-27/h1-18H. The molecule has 0 unspecified atom stereocenters. The number of thiophene rings is 2. The van der Waals surface area contributed by atoms with Gasteiger partial charge in [-0.3, -0.25) is 0 Å². The Morgan fingerprint density at radius 2 is 0.786 bits per heavy atom. The van der Waals surface area contributed by atoms with Gasteiger partial charge in [0.15, 0.2) is 17.3 Å². The SMILES string of the molecule is c1ccc2c(c1)-c1nc(-c3cccc4sc5ccccc5c34)nc3nc(-c4cccc5sc6ccccc6c45)nc-2c13. The highest BCUT2D eigenvalue weighted by Gasteiger charge is 2.28. The Morgan fingerprint density at radius 3 is 1.31 bits per heavy atom. The first kappa shape index (κ1) is 22.6. The third-order valence-corrected chi connectivity index (χ3v) is 10.6. The molecule has 0 aliphatic heterocycles. The molecule has 42 heavy (non-hydrogen) atoms. The van der Waals surface area contributed by atoms with Crippen molar-refractivity contribution in [3.8, 4) is 45.3 Å². The zero-order valence-electron chi connectivity index (χ0n) is 22.0. The van der Waals surface area contributed by atoms with Crippen molar-refractivity contribution in [2.75, 3.05) is 0 Å². The van der Waals surface area contributed by atoms with Gasteiger partial charge in [0.2, 0.25) is 0 Å². The van der Waals surface area contributed by atoms with Gasteiger partial charge in [0, 0.05) is 62.6 Å². The Morgan fingerprint density at radius 1 is 0.357 bits per heavy atom. The number of aromatic nitrogens is 4. The van der Waals surface area contributed by atoms with Crippen molar-refractivity contribution >= 4 is 74.1 Å². The second kappa shape index (κ2) is 8.26. The Labute approximate surface area is 247 Å². The monoisotopic (exact) mass is 570 g/mol. The van der Waals surface area contributed by atoms with E-state index in [0.717, 1.165) is 39.0 Å². The molecule has 0 fully saturated rings. The minimum atomic E-state index is 0.680. The summed E-state index contributed by atoms with van der Waals surface area (Å²) in [5.41, 5.74) is 6.70. The Balaban J connectivity index is 1.31. The van der Waals surface area contributed by atoms with Gasteiger partial charge in [-0.1, -0.05) is 84.9 Å². The summed E-state index contributed by atoms with van der Waals surface area (Å²) in [7, 11) is 0. The number of benzene rings is 5. The number of nitrogens with zero attached hydrogens (tertiary/aromatic N) is 4. The van der Waals surface area contributed by atoms with E-state index in [1.807, 2.05) is 0 Å². The van der Waals surface area contributed by atoms with Gasteiger partial charge in [-0.25, -0.2) is 19.9 Å². The van der Waals surface area contributed by atoms with E-state index in [1.165, 1.54) is 40.3 Å². The summed E-state index contributed by atoms with van der Waals surface area (Å²) in [5.74, 6) is 1.39. The molecule has 4 heterocycles. The molecule has 0 saturated carbocycles. The van der Waals surface area contributed by atoms with Crippen LogP contribution in [-0.2, 0) is 0 Å². The summed E-state index contributed by atoms with van der Waals surface area (Å²) in [6.07, 6.45) is 0. The van der Waals surface area contributed by atoms with Crippen LogP contribution in [0.4, 0.5) is 0 Å². The van der Waals surface area contributed by atoms with Crippen LogP contribution in [0.25, 0.3) is 96.7 Å². The maximum Gasteiger partial charge on any atom is 0.168 e. The zero-order valence-corrected chi connectivity index (χ0v) is 23.6. The molecular weight excluding hydrogens is 553 g/mol. The molecule has 9 aromatic rings. The van der Waals surface area contributed by atoms with Crippen LogP contribution >= 0.6 is 22.7 Å². The van der Waals surface area contributed by atoms with E-state index in [9.17, 15) is 0 Å². The molecule has 0 atom stereocenters. The van der Waals surface area contributed by atoms with Crippen LogP contribution in [0.2, 0.25) is 0 Å². The smallest absolute Gasteiger partial charge is 0.168 e. The molecule has 0 N–H and O–H groups in total. The van der Waals surface area contributed by atoms with E-state index in [2.05, 4.69) is 109 Å². The molecular formula is C36H18N4S2. The normalized spacial score (nSPS) is 12.3. The van der Waals surface area contributed by atoms with Crippen LogP contribution in [0.1, 0.15) is 0 Å². The highest BCUT2D eigenvalue weighted by molar-refractivity contribution is 7.26. The average molecular weight is 571 g/mol. The van der Waals surface area contributed by atoms with Crippen LogP contribution in [0.15, 0.2) is 109 Å². The molecule has 0 spiro atoms. The molecule has 0 radical (unpaired) electrons. The minimum Gasteiger partial charge on any atom is -0.227 e. The van der Waals surface area contributed by atoms with Crippen molar-refractivity contribution in [3.63, 3.8) is 0 Å². The van der Waals surface area contributed by atoms with Gasteiger partial charge in [-0.05, 0) is 24.3 Å². The van der Waals surface area contributed by atoms with Gasteiger partial charge < -0.3 is 0 Å². The fourth-order valence-corrected chi connectivity index (χ4v) is 8.75. The highest BCUT2D eigenvalue weighted by atomic mass is 32.1. The topological polar surface area (TPSA) is 51.6 Å². The third-order valence-electron chi connectivity index (χ3n) is 8.28. The fourth-order valence-electron chi connectivity index (χ4n) is 6.48. The predicted molar refractivity (Wildman–Crippen MR) is 176 cm³/mol. The van der Waals surface area contributed by atoms with Crippen LogP contribution in [0, 0.1) is 0 Å².